The number of nitrogens with one attached hydrogen (secondary N) is 1. The van der Waals surface area contributed by atoms with E-state index in [-0.39, 0.29) is 6.10 Å². The summed E-state index contributed by atoms with van der Waals surface area (Å²) in [7, 11) is 0. The normalized spacial score (nSPS) is 19.8. The van der Waals surface area contributed by atoms with Crippen LogP contribution < -0.4 is 5.32 Å². The van der Waals surface area contributed by atoms with Crippen LogP contribution in [-0.2, 0) is 11.2 Å². The van der Waals surface area contributed by atoms with Gasteiger partial charge in [0.2, 0.25) is 0 Å². The molecule has 0 bridgehead atoms. The minimum atomic E-state index is 0.234. The fraction of sp³-hybridized carbons (Fsp3) is 0.471. The van der Waals surface area contributed by atoms with Crippen molar-refractivity contribution < 1.29 is 4.74 Å². The van der Waals surface area contributed by atoms with E-state index in [1.807, 2.05) is 0 Å². The molecule has 1 aromatic heterocycles. The van der Waals surface area contributed by atoms with E-state index in [0.29, 0.717) is 6.04 Å². The average molecular weight is 302 g/mol. The van der Waals surface area contributed by atoms with Gasteiger partial charge in [0.25, 0.3) is 0 Å². The summed E-state index contributed by atoms with van der Waals surface area (Å²) < 4.78 is 5.72. The first kappa shape index (κ1) is 14.7. The van der Waals surface area contributed by atoms with Gasteiger partial charge in [-0.25, -0.2) is 4.98 Å². The number of hydrogen-bond acceptors (Lipinski definition) is 4. The Kier molecular flexibility index (Phi) is 5.01. The van der Waals surface area contributed by atoms with Crippen LogP contribution in [0.5, 0.6) is 0 Å². The Bertz CT molecular complexity index is 549. The molecule has 2 unspecified atom stereocenters. The zero-order valence-electron chi connectivity index (χ0n) is 12.4. The van der Waals surface area contributed by atoms with Gasteiger partial charge < -0.3 is 10.1 Å². The molecule has 112 valence electrons. The Morgan fingerprint density at radius 3 is 2.95 bits per heavy atom. The molecular weight excluding hydrogens is 280 g/mol. The second-order valence-electron chi connectivity index (χ2n) is 5.40. The highest BCUT2D eigenvalue weighted by Crippen LogP contribution is 2.31. The molecule has 2 aromatic rings. The van der Waals surface area contributed by atoms with Crippen LogP contribution in [0.4, 0.5) is 0 Å². The van der Waals surface area contributed by atoms with Gasteiger partial charge in [0.15, 0.2) is 0 Å². The van der Waals surface area contributed by atoms with Crippen molar-refractivity contribution in [3.8, 4) is 0 Å². The Morgan fingerprint density at radius 1 is 1.38 bits per heavy atom. The molecule has 2 heterocycles. The molecule has 1 N–H and O–H groups in total. The summed E-state index contributed by atoms with van der Waals surface area (Å²) in [6, 6.07) is 10.9. The summed E-state index contributed by atoms with van der Waals surface area (Å²) in [4.78, 5) is 4.79. The predicted octanol–water partition coefficient (Wildman–Crippen LogP) is 3.89. The Labute approximate surface area is 130 Å². The van der Waals surface area contributed by atoms with Crippen LogP contribution in [0, 0.1) is 0 Å². The van der Waals surface area contributed by atoms with Crippen LogP contribution in [0.3, 0.4) is 0 Å². The maximum atomic E-state index is 5.72. The summed E-state index contributed by atoms with van der Waals surface area (Å²) in [5.41, 5.74) is 2.49. The maximum Gasteiger partial charge on any atom is 0.122 e. The first-order chi connectivity index (χ1) is 10.4. The summed E-state index contributed by atoms with van der Waals surface area (Å²) >= 11 is 1.74. The minimum absolute atomic E-state index is 0.234. The zero-order chi connectivity index (χ0) is 14.5. The highest BCUT2D eigenvalue weighted by atomic mass is 32.1. The Morgan fingerprint density at radius 2 is 2.24 bits per heavy atom. The van der Waals surface area contributed by atoms with Crippen LogP contribution in [-0.4, -0.2) is 18.1 Å². The van der Waals surface area contributed by atoms with Gasteiger partial charge in [-0.1, -0.05) is 37.3 Å². The topological polar surface area (TPSA) is 34.1 Å². The van der Waals surface area contributed by atoms with Crippen molar-refractivity contribution in [2.45, 2.75) is 38.3 Å². The van der Waals surface area contributed by atoms with Crippen LogP contribution in [0.1, 0.15) is 48.2 Å². The van der Waals surface area contributed by atoms with E-state index in [1.165, 1.54) is 11.3 Å². The number of hydrogen-bond donors (Lipinski definition) is 1. The fourth-order valence-corrected chi connectivity index (χ4v) is 3.70. The van der Waals surface area contributed by atoms with Crippen molar-refractivity contribution in [3.05, 3.63) is 52.0 Å². The fourth-order valence-electron chi connectivity index (χ4n) is 2.79. The van der Waals surface area contributed by atoms with Crippen LogP contribution >= 0.6 is 11.3 Å². The van der Waals surface area contributed by atoms with E-state index in [4.69, 9.17) is 9.72 Å². The monoisotopic (exact) mass is 302 g/mol. The Balaban J connectivity index is 1.71. The molecule has 1 aliphatic heterocycles. The van der Waals surface area contributed by atoms with E-state index in [9.17, 15) is 0 Å². The average Bonchev–Trinajstić information content (AvgIpc) is 3.19. The largest absolute Gasteiger partial charge is 0.371 e. The number of benzene rings is 1. The SMILES string of the molecule is CCNC(Cc1csc(C2CCCO2)n1)c1ccccc1. The molecule has 0 saturated carbocycles. The van der Waals surface area contributed by atoms with Gasteiger partial charge in [0.1, 0.15) is 11.1 Å². The van der Waals surface area contributed by atoms with Gasteiger partial charge in [0, 0.05) is 24.4 Å². The summed E-state index contributed by atoms with van der Waals surface area (Å²) in [6.45, 7) is 3.99. The van der Waals surface area contributed by atoms with Gasteiger partial charge in [-0.3, -0.25) is 0 Å². The lowest BCUT2D eigenvalue weighted by Crippen LogP contribution is -2.23. The molecule has 1 aromatic carbocycles. The number of likely N-dealkylation sites (N-methyl/N-ethyl adjacent to an activating group) is 1. The highest BCUT2D eigenvalue weighted by Gasteiger charge is 2.21. The first-order valence-corrected chi connectivity index (χ1v) is 8.59. The lowest BCUT2D eigenvalue weighted by molar-refractivity contribution is 0.111. The molecule has 2 atom stereocenters. The molecule has 4 heteroatoms. The van der Waals surface area contributed by atoms with E-state index < -0.39 is 0 Å². The van der Waals surface area contributed by atoms with Crippen LogP contribution in [0.25, 0.3) is 0 Å². The van der Waals surface area contributed by atoms with Gasteiger partial charge in [0.05, 0.1) is 5.69 Å². The molecule has 0 spiro atoms. The van der Waals surface area contributed by atoms with Gasteiger partial charge in [-0.2, -0.15) is 0 Å². The van der Waals surface area contributed by atoms with Crippen LogP contribution in [0.2, 0.25) is 0 Å². The van der Waals surface area contributed by atoms with Gasteiger partial charge >= 0.3 is 0 Å². The molecule has 1 saturated heterocycles. The van der Waals surface area contributed by atoms with E-state index in [1.54, 1.807) is 11.3 Å². The van der Waals surface area contributed by atoms with Crippen molar-refractivity contribution in [1.82, 2.24) is 10.3 Å². The minimum Gasteiger partial charge on any atom is -0.371 e. The molecule has 3 nitrogen and oxygen atoms in total. The van der Waals surface area contributed by atoms with E-state index in [0.717, 1.165) is 37.4 Å². The van der Waals surface area contributed by atoms with Crippen molar-refractivity contribution in [2.75, 3.05) is 13.2 Å². The van der Waals surface area contributed by atoms with Crippen molar-refractivity contribution in [3.63, 3.8) is 0 Å². The summed E-state index contributed by atoms with van der Waals surface area (Å²) in [6.07, 6.45) is 3.44. The number of thiazole rings is 1. The highest BCUT2D eigenvalue weighted by molar-refractivity contribution is 7.09. The quantitative estimate of drug-likeness (QED) is 0.879. The lowest BCUT2D eigenvalue weighted by atomic mass is 10.0. The summed E-state index contributed by atoms with van der Waals surface area (Å²) in [5, 5.41) is 6.89. The first-order valence-electron chi connectivity index (χ1n) is 7.71. The van der Waals surface area contributed by atoms with Crippen LogP contribution in [0.15, 0.2) is 35.7 Å². The molecule has 1 fully saturated rings. The Hall–Kier alpha value is -1.23. The number of ether oxygens (including phenoxy) is 1. The predicted molar refractivity (Wildman–Crippen MR) is 86.6 cm³/mol. The van der Waals surface area contributed by atoms with Crippen molar-refractivity contribution in [1.29, 1.82) is 0 Å². The third-order valence-electron chi connectivity index (χ3n) is 3.84. The molecule has 1 aliphatic rings. The smallest absolute Gasteiger partial charge is 0.122 e. The van der Waals surface area contributed by atoms with Crippen molar-refractivity contribution in [2.24, 2.45) is 0 Å². The second-order valence-corrected chi connectivity index (χ2v) is 6.29. The molecule has 0 radical (unpaired) electrons. The molecular formula is C17H22N2OS. The van der Waals surface area contributed by atoms with E-state index in [2.05, 4.69) is 48.0 Å². The molecule has 0 aliphatic carbocycles. The second kappa shape index (κ2) is 7.16. The maximum absolute atomic E-state index is 5.72. The van der Waals surface area contributed by atoms with Gasteiger partial charge in [-0.05, 0) is 24.9 Å². The van der Waals surface area contributed by atoms with Gasteiger partial charge in [-0.15, -0.1) is 11.3 Å². The number of rotatable bonds is 6. The standard InChI is InChI=1S/C17H22N2OS/c1-2-18-15(13-7-4-3-5-8-13)11-14-12-21-17(19-14)16-9-6-10-20-16/h3-5,7-8,12,15-16,18H,2,6,9-11H2,1H3. The third-order valence-corrected chi connectivity index (χ3v) is 4.83. The third kappa shape index (κ3) is 3.70. The van der Waals surface area contributed by atoms with E-state index >= 15 is 0 Å². The molecule has 3 rings (SSSR count). The zero-order valence-corrected chi connectivity index (χ0v) is 13.2. The summed E-state index contributed by atoms with van der Waals surface area (Å²) in [5.74, 6) is 0. The molecule has 21 heavy (non-hydrogen) atoms. The van der Waals surface area contributed by atoms with Crippen molar-refractivity contribution >= 4 is 11.3 Å². The number of nitrogens with zero attached hydrogens (tertiary/aromatic N) is 1. The molecule has 0 amide bonds. The lowest BCUT2D eigenvalue weighted by Gasteiger charge is -2.17. The number of aromatic nitrogens is 1.